The molecule has 0 fully saturated rings. The molecule has 180 valence electrons. The quantitative estimate of drug-likeness (QED) is 0.241. The predicted octanol–water partition coefficient (Wildman–Crippen LogP) is 2.52. The average Bonchev–Trinajstić information content (AvgIpc) is 3.27. The van der Waals surface area contributed by atoms with E-state index in [4.69, 9.17) is 19.0 Å². The van der Waals surface area contributed by atoms with Crippen molar-refractivity contribution in [3.63, 3.8) is 0 Å². The maximum atomic E-state index is 12.1. The van der Waals surface area contributed by atoms with E-state index < -0.39 is 12.4 Å². The third-order valence-corrected chi connectivity index (χ3v) is 4.34. The second kappa shape index (κ2) is 13.0. The SMILES string of the molecule is CCOC(COC(=O)Nc1cccc(CON=C(c2ccccc2)c2nnnn2C)n1)OCC. The first-order chi connectivity index (χ1) is 16.6. The van der Waals surface area contributed by atoms with Crippen LogP contribution in [0, 0.1) is 0 Å². The molecular formula is C22H27N7O5. The molecule has 0 aliphatic rings. The summed E-state index contributed by atoms with van der Waals surface area (Å²) >= 11 is 0. The summed E-state index contributed by atoms with van der Waals surface area (Å²) in [4.78, 5) is 22.0. The normalized spacial score (nSPS) is 11.5. The number of nitrogens with one attached hydrogen (secondary N) is 1. The topological polar surface area (TPSA) is 135 Å². The molecule has 0 radical (unpaired) electrons. The lowest BCUT2D eigenvalue weighted by molar-refractivity contribution is -0.156. The molecule has 0 spiro atoms. The Balaban J connectivity index is 1.61. The van der Waals surface area contributed by atoms with Crippen LogP contribution in [0.25, 0.3) is 0 Å². The van der Waals surface area contributed by atoms with Crippen LogP contribution in [0.3, 0.4) is 0 Å². The van der Waals surface area contributed by atoms with Gasteiger partial charge in [0.1, 0.15) is 12.4 Å². The number of nitrogens with zero attached hydrogens (tertiary/aromatic N) is 6. The first-order valence-electron chi connectivity index (χ1n) is 10.7. The van der Waals surface area contributed by atoms with E-state index >= 15 is 0 Å². The molecule has 0 bridgehead atoms. The van der Waals surface area contributed by atoms with Crippen LogP contribution in [0.1, 0.15) is 30.9 Å². The number of aryl methyl sites for hydroxylation is 1. The molecule has 0 saturated heterocycles. The number of benzene rings is 1. The molecule has 2 aromatic heterocycles. The molecule has 1 aromatic carbocycles. The van der Waals surface area contributed by atoms with Crippen LogP contribution in [-0.4, -0.2) is 63.1 Å². The molecule has 0 aliphatic carbocycles. The minimum absolute atomic E-state index is 0.0375. The van der Waals surface area contributed by atoms with Gasteiger partial charge in [0.25, 0.3) is 0 Å². The molecule has 12 heteroatoms. The van der Waals surface area contributed by atoms with Crippen LogP contribution < -0.4 is 5.32 Å². The van der Waals surface area contributed by atoms with E-state index in [2.05, 4.69) is 31.0 Å². The lowest BCUT2D eigenvalue weighted by Gasteiger charge is -2.16. The number of hydrogen-bond donors (Lipinski definition) is 1. The largest absolute Gasteiger partial charge is 0.444 e. The summed E-state index contributed by atoms with van der Waals surface area (Å²) in [6, 6.07) is 14.6. The summed E-state index contributed by atoms with van der Waals surface area (Å²) in [6.45, 7) is 4.58. The highest BCUT2D eigenvalue weighted by atomic mass is 16.7. The number of aromatic nitrogens is 5. The van der Waals surface area contributed by atoms with E-state index in [0.717, 1.165) is 5.56 Å². The molecule has 0 atom stereocenters. The molecule has 0 saturated carbocycles. The number of ether oxygens (including phenoxy) is 3. The number of oxime groups is 1. The lowest BCUT2D eigenvalue weighted by atomic mass is 10.1. The van der Waals surface area contributed by atoms with E-state index in [1.807, 2.05) is 44.2 Å². The van der Waals surface area contributed by atoms with Gasteiger partial charge >= 0.3 is 6.09 Å². The van der Waals surface area contributed by atoms with Crippen molar-refractivity contribution in [1.29, 1.82) is 0 Å². The van der Waals surface area contributed by atoms with Crippen molar-refractivity contribution >= 4 is 17.6 Å². The zero-order chi connectivity index (χ0) is 24.2. The van der Waals surface area contributed by atoms with E-state index in [1.165, 1.54) is 4.68 Å². The van der Waals surface area contributed by atoms with Crippen molar-refractivity contribution in [3.8, 4) is 0 Å². The minimum Gasteiger partial charge on any atom is -0.444 e. The monoisotopic (exact) mass is 469 g/mol. The number of tetrazole rings is 1. The van der Waals surface area contributed by atoms with Crippen molar-refractivity contribution in [2.45, 2.75) is 26.7 Å². The Hall–Kier alpha value is -3.90. The van der Waals surface area contributed by atoms with Crippen LogP contribution >= 0.6 is 0 Å². The molecule has 1 amide bonds. The maximum absolute atomic E-state index is 12.1. The minimum atomic E-state index is -0.672. The number of hydrogen-bond acceptors (Lipinski definition) is 10. The van der Waals surface area contributed by atoms with E-state index in [9.17, 15) is 4.79 Å². The Bertz CT molecular complexity index is 1070. The van der Waals surface area contributed by atoms with Gasteiger partial charge in [0.15, 0.2) is 18.6 Å². The van der Waals surface area contributed by atoms with Crippen molar-refractivity contribution in [2.75, 3.05) is 25.1 Å². The zero-order valence-electron chi connectivity index (χ0n) is 19.2. The third-order valence-electron chi connectivity index (χ3n) is 4.34. The van der Waals surface area contributed by atoms with Crippen LogP contribution in [-0.2, 0) is 32.7 Å². The molecule has 1 N–H and O–H groups in total. The number of amides is 1. The van der Waals surface area contributed by atoms with Crippen molar-refractivity contribution in [2.24, 2.45) is 12.2 Å². The van der Waals surface area contributed by atoms with Gasteiger partial charge in [-0.3, -0.25) is 5.32 Å². The highest BCUT2D eigenvalue weighted by Gasteiger charge is 2.15. The zero-order valence-corrected chi connectivity index (χ0v) is 19.2. The number of carbonyl (C=O) groups excluding carboxylic acids is 1. The van der Waals surface area contributed by atoms with Gasteiger partial charge in [0.2, 0.25) is 5.82 Å². The van der Waals surface area contributed by atoms with Gasteiger partial charge in [-0.05, 0) is 36.4 Å². The smallest absolute Gasteiger partial charge is 0.412 e. The standard InChI is InChI=1S/C22H27N7O5/c1-4-31-19(32-5-2)15-33-22(30)24-18-13-9-12-17(23-18)14-34-26-20(16-10-7-6-8-11-16)21-25-27-28-29(21)3/h6-13,19H,4-5,14-15H2,1-3H3,(H,23,24,30). The van der Waals surface area contributed by atoms with Gasteiger partial charge < -0.3 is 19.0 Å². The van der Waals surface area contributed by atoms with Crippen molar-refractivity contribution in [1.82, 2.24) is 25.2 Å². The number of pyridine rings is 1. The summed E-state index contributed by atoms with van der Waals surface area (Å²) in [5.41, 5.74) is 1.82. The van der Waals surface area contributed by atoms with Crippen LogP contribution in [0.4, 0.5) is 10.6 Å². The molecular weight excluding hydrogens is 442 g/mol. The van der Waals surface area contributed by atoms with Gasteiger partial charge in [-0.1, -0.05) is 41.6 Å². The molecule has 0 aliphatic heterocycles. The highest BCUT2D eigenvalue weighted by Crippen LogP contribution is 2.11. The summed E-state index contributed by atoms with van der Waals surface area (Å²) < 4.78 is 17.4. The number of carbonyl (C=O) groups is 1. The second-order valence-electron chi connectivity index (χ2n) is 6.78. The van der Waals surface area contributed by atoms with Crippen molar-refractivity contribution < 1.29 is 23.8 Å². The Morgan fingerprint density at radius 2 is 1.85 bits per heavy atom. The summed E-state index contributed by atoms with van der Waals surface area (Å²) in [6.07, 6.45) is -1.29. The Morgan fingerprint density at radius 3 is 2.53 bits per heavy atom. The fourth-order valence-electron chi connectivity index (χ4n) is 2.84. The summed E-state index contributed by atoms with van der Waals surface area (Å²) in [7, 11) is 1.72. The molecule has 34 heavy (non-hydrogen) atoms. The third kappa shape index (κ3) is 7.32. The van der Waals surface area contributed by atoms with Crippen molar-refractivity contribution in [3.05, 3.63) is 65.6 Å². The fourth-order valence-corrected chi connectivity index (χ4v) is 2.84. The lowest BCUT2D eigenvalue weighted by Crippen LogP contribution is -2.27. The molecule has 12 nitrogen and oxygen atoms in total. The first kappa shape index (κ1) is 24.7. The number of rotatable bonds is 12. The average molecular weight is 470 g/mol. The van der Waals surface area contributed by atoms with E-state index in [1.54, 1.807) is 25.2 Å². The maximum Gasteiger partial charge on any atom is 0.412 e. The van der Waals surface area contributed by atoms with Gasteiger partial charge in [-0.25, -0.2) is 14.5 Å². The molecule has 3 aromatic rings. The van der Waals surface area contributed by atoms with Gasteiger partial charge in [-0.2, -0.15) is 0 Å². The predicted molar refractivity (Wildman–Crippen MR) is 122 cm³/mol. The summed E-state index contributed by atoms with van der Waals surface area (Å²) in [5, 5.41) is 18.3. The highest BCUT2D eigenvalue weighted by molar-refractivity contribution is 6.10. The first-order valence-corrected chi connectivity index (χ1v) is 10.7. The Morgan fingerprint density at radius 1 is 1.09 bits per heavy atom. The molecule has 2 heterocycles. The van der Waals surface area contributed by atoms with Crippen LogP contribution in [0.5, 0.6) is 0 Å². The Labute approximate surface area is 196 Å². The van der Waals surface area contributed by atoms with Crippen LogP contribution in [0.2, 0.25) is 0 Å². The second-order valence-corrected chi connectivity index (χ2v) is 6.78. The molecule has 3 rings (SSSR count). The van der Waals surface area contributed by atoms with Crippen LogP contribution in [0.15, 0.2) is 53.7 Å². The summed E-state index contributed by atoms with van der Waals surface area (Å²) in [5.74, 6) is 0.759. The van der Waals surface area contributed by atoms with E-state index in [0.29, 0.717) is 36.3 Å². The van der Waals surface area contributed by atoms with Gasteiger partial charge in [-0.15, -0.1) is 5.10 Å². The number of anilines is 1. The fraction of sp³-hybridized carbons (Fsp3) is 0.364. The van der Waals surface area contributed by atoms with Gasteiger partial charge in [0.05, 0.1) is 5.69 Å². The van der Waals surface area contributed by atoms with E-state index in [-0.39, 0.29) is 13.2 Å². The van der Waals surface area contributed by atoms with Gasteiger partial charge in [0, 0.05) is 25.8 Å². The Kier molecular flexibility index (Phi) is 9.43. The molecule has 0 unspecified atom stereocenters.